The van der Waals surface area contributed by atoms with E-state index in [0.717, 1.165) is 19.3 Å². The number of sulfonamides is 1. The van der Waals surface area contributed by atoms with Crippen LogP contribution in [-0.4, -0.2) is 24.6 Å². The van der Waals surface area contributed by atoms with Crippen LogP contribution in [0.25, 0.3) is 11.5 Å². The number of aromatic nitrogens is 2. The van der Waals surface area contributed by atoms with Crippen LogP contribution in [0, 0.1) is 0 Å². The Labute approximate surface area is 135 Å². The number of hydrogen-bond donors (Lipinski definition) is 2. The molecule has 1 heterocycles. The monoisotopic (exact) mass is 336 g/mol. The molecular formula is C15H20N4O3S. The van der Waals surface area contributed by atoms with E-state index in [2.05, 4.69) is 14.9 Å². The van der Waals surface area contributed by atoms with Crippen molar-refractivity contribution in [3.05, 3.63) is 30.1 Å². The van der Waals surface area contributed by atoms with Gasteiger partial charge in [-0.1, -0.05) is 11.2 Å². The van der Waals surface area contributed by atoms with Gasteiger partial charge in [0, 0.05) is 11.6 Å². The molecule has 2 aromatic rings. The van der Waals surface area contributed by atoms with Crippen molar-refractivity contribution >= 4 is 10.0 Å². The summed E-state index contributed by atoms with van der Waals surface area (Å²) < 4.78 is 32.3. The second-order valence-electron chi connectivity index (χ2n) is 6.24. The zero-order valence-electron chi connectivity index (χ0n) is 13.1. The minimum absolute atomic E-state index is 0.162. The molecule has 1 aromatic heterocycles. The lowest BCUT2D eigenvalue weighted by Crippen LogP contribution is -2.44. The summed E-state index contributed by atoms with van der Waals surface area (Å²) in [6.45, 7) is 3.54. The van der Waals surface area contributed by atoms with Gasteiger partial charge in [0.25, 0.3) is 5.89 Å². The summed E-state index contributed by atoms with van der Waals surface area (Å²) in [5, 5.41) is 3.95. The number of nitrogens with zero attached hydrogens (tertiary/aromatic N) is 2. The van der Waals surface area contributed by atoms with Crippen molar-refractivity contribution in [2.24, 2.45) is 5.73 Å². The van der Waals surface area contributed by atoms with E-state index in [4.69, 9.17) is 10.3 Å². The Morgan fingerprint density at radius 3 is 2.70 bits per heavy atom. The van der Waals surface area contributed by atoms with E-state index < -0.39 is 15.6 Å². The molecule has 1 saturated carbocycles. The molecule has 23 heavy (non-hydrogen) atoms. The van der Waals surface area contributed by atoms with Crippen molar-refractivity contribution in [2.45, 2.75) is 49.6 Å². The SMILES string of the molecule is CC(C)NS(=O)(=O)c1cccc(-c2nc(C3(N)CCC3)no2)c1. The van der Waals surface area contributed by atoms with Crippen LogP contribution in [0.3, 0.4) is 0 Å². The highest BCUT2D eigenvalue weighted by atomic mass is 32.2. The summed E-state index contributed by atoms with van der Waals surface area (Å²) in [5.74, 6) is 0.755. The zero-order chi connectivity index (χ0) is 16.7. The van der Waals surface area contributed by atoms with Crippen LogP contribution < -0.4 is 10.5 Å². The van der Waals surface area contributed by atoms with E-state index in [-0.39, 0.29) is 16.8 Å². The number of hydrogen-bond acceptors (Lipinski definition) is 6. The molecule has 8 heteroatoms. The first-order valence-corrected chi connectivity index (χ1v) is 9.04. The molecule has 7 nitrogen and oxygen atoms in total. The Morgan fingerprint density at radius 2 is 2.09 bits per heavy atom. The van der Waals surface area contributed by atoms with Gasteiger partial charge in [0.2, 0.25) is 10.0 Å². The fraction of sp³-hybridized carbons (Fsp3) is 0.467. The summed E-state index contributed by atoms with van der Waals surface area (Å²) in [7, 11) is -3.57. The molecule has 1 aromatic carbocycles. The number of benzene rings is 1. The molecule has 0 spiro atoms. The fourth-order valence-corrected chi connectivity index (χ4v) is 3.80. The van der Waals surface area contributed by atoms with Crippen molar-refractivity contribution < 1.29 is 12.9 Å². The molecule has 0 radical (unpaired) electrons. The molecule has 1 aliphatic rings. The second-order valence-corrected chi connectivity index (χ2v) is 7.95. The van der Waals surface area contributed by atoms with Gasteiger partial charge < -0.3 is 10.3 Å². The minimum Gasteiger partial charge on any atom is -0.334 e. The predicted octanol–water partition coefficient (Wildman–Crippen LogP) is 1.76. The molecule has 0 atom stereocenters. The normalized spacial score (nSPS) is 17.2. The van der Waals surface area contributed by atoms with Crippen LogP contribution in [-0.2, 0) is 15.6 Å². The molecule has 124 valence electrons. The van der Waals surface area contributed by atoms with Crippen LogP contribution in [0.4, 0.5) is 0 Å². The van der Waals surface area contributed by atoms with Gasteiger partial charge in [0.1, 0.15) is 0 Å². The Hall–Kier alpha value is -1.77. The molecule has 0 bridgehead atoms. The number of rotatable bonds is 5. The molecule has 3 rings (SSSR count). The summed E-state index contributed by atoms with van der Waals surface area (Å²) in [6.07, 6.45) is 2.71. The third-order valence-electron chi connectivity index (χ3n) is 3.90. The van der Waals surface area contributed by atoms with Crippen LogP contribution in [0.15, 0.2) is 33.7 Å². The summed E-state index contributed by atoms with van der Waals surface area (Å²) in [5.41, 5.74) is 6.22. The van der Waals surface area contributed by atoms with E-state index in [9.17, 15) is 8.42 Å². The second kappa shape index (κ2) is 5.70. The highest BCUT2D eigenvalue weighted by Crippen LogP contribution is 2.37. The van der Waals surface area contributed by atoms with Gasteiger partial charge in [-0.3, -0.25) is 0 Å². The largest absolute Gasteiger partial charge is 0.334 e. The van der Waals surface area contributed by atoms with Crippen molar-refractivity contribution in [3.8, 4) is 11.5 Å². The maximum Gasteiger partial charge on any atom is 0.258 e. The van der Waals surface area contributed by atoms with Gasteiger partial charge in [-0.25, -0.2) is 13.1 Å². The van der Waals surface area contributed by atoms with Crippen LogP contribution in [0.2, 0.25) is 0 Å². The van der Waals surface area contributed by atoms with Gasteiger partial charge >= 0.3 is 0 Å². The summed E-state index contributed by atoms with van der Waals surface area (Å²) in [4.78, 5) is 4.50. The lowest BCUT2D eigenvalue weighted by atomic mass is 9.77. The Morgan fingerprint density at radius 1 is 1.35 bits per heavy atom. The third kappa shape index (κ3) is 3.15. The Balaban J connectivity index is 1.91. The van der Waals surface area contributed by atoms with E-state index in [1.165, 1.54) is 12.1 Å². The highest BCUT2D eigenvalue weighted by molar-refractivity contribution is 7.89. The Bertz CT molecular complexity index is 810. The lowest BCUT2D eigenvalue weighted by molar-refractivity contribution is 0.229. The summed E-state index contributed by atoms with van der Waals surface area (Å²) in [6, 6.07) is 6.24. The maximum atomic E-state index is 12.2. The van der Waals surface area contributed by atoms with Crippen LogP contribution in [0.1, 0.15) is 38.9 Å². The molecular weight excluding hydrogens is 316 g/mol. The molecule has 0 aliphatic heterocycles. The number of nitrogens with two attached hydrogens (primary N) is 1. The molecule has 3 N–H and O–H groups in total. The first kappa shape index (κ1) is 16.1. The number of nitrogens with one attached hydrogen (secondary N) is 1. The van der Waals surface area contributed by atoms with Gasteiger partial charge in [0.05, 0.1) is 10.4 Å². The standard InChI is InChI=1S/C15H20N4O3S/c1-10(2)19-23(20,21)12-6-3-5-11(9-12)13-17-14(18-22-13)15(16)7-4-8-15/h3,5-6,9-10,19H,4,7-8,16H2,1-2H3. The van der Waals surface area contributed by atoms with Gasteiger partial charge in [-0.2, -0.15) is 4.98 Å². The molecule has 1 fully saturated rings. The fourth-order valence-electron chi connectivity index (χ4n) is 2.50. The summed E-state index contributed by atoms with van der Waals surface area (Å²) >= 11 is 0. The first-order valence-electron chi connectivity index (χ1n) is 7.56. The zero-order valence-corrected chi connectivity index (χ0v) is 13.9. The van der Waals surface area contributed by atoms with E-state index in [1.54, 1.807) is 26.0 Å². The van der Waals surface area contributed by atoms with Gasteiger partial charge in [-0.05, 0) is 51.3 Å². The third-order valence-corrected chi connectivity index (χ3v) is 5.56. The highest BCUT2D eigenvalue weighted by Gasteiger charge is 2.39. The van der Waals surface area contributed by atoms with E-state index in [0.29, 0.717) is 11.4 Å². The van der Waals surface area contributed by atoms with Crippen molar-refractivity contribution in [3.63, 3.8) is 0 Å². The molecule has 1 aliphatic carbocycles. The van der Waals surface area contributed by atoms with Crippen LogP contribution >= 0.6 is 0 Å². The maximum absolute atomic E-state index is 12.2. The van der Waals surface area contributed by atoms with Crippen molar-refractivity contribution in [1.29, 1.82) is 0 Å². The molecule has 0 amide bonds. The lowest BCUT2D eigenvalue weighted by Gasteiger charge is -2.34. The van der Waals surface area contributed by atoms with Gasteiger partial charge in [-0.15, -0.1) is 0 Å². The van der Waals surface area contributed by atoms with Gasteiger partial charge in [0.15, 0.2) is 5.82 Å². The van der Waals surface area contributed by atoms with Crippen LogP contribution in [0.5, 0.6) is 0 Å². The quantitative estimate of drug-likeness (QED) is 0.860. The average molecular weight is 336 g/mol. The average Bonchev–Trinajstić information content (AvgIpc) is 2.94. The van der Waals surface area contributed by atoms with Crippen molar-refractivity contribution in [2.75, 3.05) is 0 Å². The Kier molecular flexibility index (Phi) is 3.99. The minimum atomic E-state index is -3.57. The first-order chi connectivity index (χ1) is 10.8. The smallest absolute Gasteiger partial charge is 0.258 e. The van der Waals surface area contributed by atoms with E-state index in [1.807, 2.05) is 0 Å². The topological polar surface area (TPSA) is 111 Å². The van der Waals surface area contributed by atoms with Crippen molar-refractivity contribution in [1.82, 2.24) is 14.9 Å². The molecule has 0 unspecified atom stereocenters. The van der Waals surface area contributed by atoms with E-state index >= 15 is 0 Å². The predicted molar refractivity (Wildman–Crippen MR) is 84.9 cm³/mol. The molecule has 0 saturated heterocycles.